The Balaban J connectivity index is 1.64. The van der Waals surface area contributed by atoms with Crippen LogP contribution < -0.4 is 10.9 Å². The van der Waals surface area contributed by atoms with Crippen LogP contribution in [0.15, 0.2) is 17.1 Å². The molecule has 26 heavy (non-hydrogen) atoms. The Kier molecular flexibility index (Phi) is 5.95. The van der Waals surface area contributed by atoms with E-state index in [1.807, 2.05) is 0 Å². The smallest absolute Gasteiger partial charge is 0.266 e. The van der Waals surface area contributed by atoms with Gasteiger partial charge in [-0.05, 0) is 25.3 Å². The van der Waals surface area contributed by atoms with E-state index in [1.165, 1.54) is 12.3 Å². The monoisotopic (exact) mass is 383 g/mol. The molecule has 1 aliphatic heterocycles. The number of aliphatic hydroxyl groups excluding tert-OH is 1. The number of aliphatic hydroxyl groups is 1. The maximum Gasteiger partial charge on any atom is 0.266 e. The van der Waals surface area contributed by atoms with Crippen molar-refractivity contribution in [1.82, 2.24) is 15.2 Å². The molecule has 1 aromatic rings. The highest BCUT2D eigenvalue weighted by Gasteiger charge is 2.36. The van der Waals surface area contributed by atoms with Gasteiger partial charge in [-0.25, -0.2) is 0 Å². The van der Waals surface area contributed by atoms with Gasteiger partial charge < -0.3 is 25.0 Å². The average molecular weight is 384 g/mol. The fraction of sp³-hybridized carbons (Fsp3) is 0.588. The molecule has 3 atom stereocenters. The lowest BCUT2D eigenvalue weighted by Crippen LogP contribution is -2.51. The third-order valence-corrected chi connectivity index (χ3v) is 5.20. The molecule has 1 saturated heterocycles. The predicted octanol–water partition coefficient (Wildman–Crippen LogP) is 0.147. The van der Waals surface area contributed by atoms with Crippen molar-refractivity contribution in [2.45, 2.75) is 31.4 Å². The summed E-state index contributed by atoms with van der Waals surface area (Å²) in [5.74, 6) is -0.640. The second-order valence-electron chi connectivity index (χ2n) is 6.66. The third kappa shape index (κ3) is 4.25. The Morgan fingerprint density at radius 1 is 1.31 bits per heavy atom. The molecule has 0 radical (unpaired) electrons. The van der Waals surface area contributed by atoms with Gasteiger partial charge in [-0.3, -0.25) is 14.4 Å². The highest BCUT2D eigenvalue weighted by molar-refractivity contribution is 6.30. The van der Waals surface area contributed by atoms with Crippen LogP contribution in [-0.4, -0.2) is 65.3 Å². The van der Waals surface area contributed by atoms with Gasteiger partial charge in [0.2, 0.25) is 5.91 Å². The van der Waals surface area contributed by atoms with E-state index in [9.17, 15) is 19.5 Å². The van der Waals surface area contributed by atoms with Gasteiger partial charge in [0.25, 0.3) is 11.5 Å². The van der Waals surface area contributed by atoms with Gasteiger partial charge >= 0.3 is 0 Å². The number of aromatic amines is 1. The summed E-state index contributed by atoms with van der Waals surface area (Å²) in [7, 11) is 0. The van der Waals surface area contributed by atoms with Crippen LogP contribution >= 0.6 is 11.6 Å². The first-order chi connectivity index (χ1) is 12.5. The van der Waals surface area contributed by atoms with Crippen molar-refractivity contribution < 1.29 is 19.4 Å². The zero-order valence-electron chi connectivity index (χ0n) is 14.2. The number of ether oxygens (including phenoxy) is 1. The minimum Gasteiger partial charge on any atom is -0.391 e. The summed E-state index contributed by atoms with van der Waals surface area (Å²) in [6, 6.07) is 0.748. The number of hydrogen-bond donors (Lipinski definition) is 3. The molecule has 1 aromatic heterocycles. The molecule has 1 aliphatic carbocycles. The number of nitrogens with one attached hydrogen (secondary N) is 2. The molecular weight excluding hydrogens is 362 g/mol. The molecule has 0 unspecified atom stereocenters. The third-order valence-electron chi connectivity index (χ3n) is 4.92. The lowest BCUT2D eigenvalue weighted by molar-refractivity contribution is -0.141. The van der Waals surface area contributed by atoms with Crippen LogP contribution in [0.4, 0.5) is 0 Å². The van der Waals surface area contributed by atoms with Gasteiger partial charge in [-0.15, -0.1) is 0 Å². The molecule has 2 aliphatic rings. The maximum absolute atomic E-state index is 12.7. The van der Waals surface area contributed by atoms with Gasteiger partial charge in [0.1, 0.15) is 5.02 Å². The van der Waals surface area contributed by atoms with Crippen molar-refractivity contribution in [3.8, 4) is 0 Å². The first-order valence-electron chi connectivity index (χ1n) is 8.69. The average Bonchev–Trinajstić information content (AvgIpc) is 2.65. The van der Waals surface area contributed by atoms with E-state index in [0.29, 0.717) is 45.6 Å². The first kappa shape index (κ1) is 18.9. The van der Waals surface area contributed by atoms with E-state index in [4.69, 9.17) is 16.3 Å². The molecule has 8 nitrogen and oxygen atoms in total. The van der Waals surface area contributed by atoms with Crippen molar-refractivity contribution in [2.24, 2.45) is 5.92 Å². The second kappa shape index (κ2) is 8.20. The molecule has 142 valence electrons. The lowest BCUT2D eigenvalue weighted by Gasteiger charge is -2.36. The molecule has 0 spiro atoms. The number of morpholine rings is 1. The van der Waals surface area contributed by atoms with E-state index in [1.54, 1.807) is 4.90 Å². The number of amides is 2. The number of carbonyl (C=O) groups is 2. The van der Waals surface area contributed by atoms with Crippen LogP contribution in [0.1, 0.15) is 29.6 Å². The van der Waals surface area contributed by atoms with Gasteiger partial charge in [-0.2, -0.15) is 0 Å². The number of rotatable bonds is 3. The molecular formula is C17H22ClN3O5. The zero-order valence-corrected chi connectivity index (χ0v) is 15.0. The van der Waals surface area contributed by atoms with E-state index in [0.717, 1.165) is 0 Å². The number of aromatic nitrogens is 1. The normalized spacial score (nSPS) is 26.4. The number of hydrogen-bond acceptors (Lipinski definition) is 5. The van der Waals surface area contributed by atoms with Crippen molar-refractivity contribution in [3.63, 3.8) is 0 Å². The van der Waals surface area contributed by atoms with Crippen LogP contribution in [0.2, 0.25) is 5.02 Å². The number of carbonyl (C=O) groups excluding carboxylic acids is 2. The predicted molar refractivity (Wildman–Crippen MR) is 94.1 cm³/mol. The number of pyridine rings is 1. The molecule has 2 heterocycles. The Bertz CT molecular complexity index is 731. The van der Waals surface area contributed by atoms with Crippen LogP contribution in [0.5, 0.6) is 0 Å². The van der Waals surface area contributed by atoms with Crippen LogP contribution in [0, 0.1) is 5.92 Å². The molecule has 9 heteroatoms. The molecule has 3 N–H and O–H groups in total. The molecule has 2 amide bonds. The zero-order chi connectivity index (χ0) is 18.7. The lowest BCUT2D eigenvalue weighted by atomic mass is 9.82. The van der Waals surface area contributed by atoms with Crippen LogP contribution in [0.3, 0.4) is 0 Å². The standard InChI is InChI=1S/C17H22ClN3O5/c18-12-7-11(9-19-16(12)24)15(23)20-13-8-10(1-2-14(13)22)17(25)21-3-5-26-6-4-21/h7,9-10,13-14,22H,1-6,8H2,(H,19,24)(H,20,23)/t10-,13+,14+/m0/s1. The fourth-order valence-electron chi connectivity index (χ4n) is 3.41. The van der Waals surface area contributed by atoms with Crippen LogP contribution in [0.25, 0.3) is 0 Å². The van der Waals surface area contributed by atoms with E-state index >= 15 is 0 Å². The molecule has 0 bridgehead atoms. The number of halogens is 1. The van der Waals surface area contributed by atoms with Gasteiger partial charge in [-0.1, -0.05) is 11.6 Å². The highest BCUT2D eigenvalue weighted by atomic mass is 35.5. The Hall–Kier alpha value is -1.90. The Morgan fingerprint density at radius 2 is 2.04 bits per heavy atom. The van der Waals surface area contributed by atoms with Gasteiger partial charge in [0, 0.05) is 25.2 Å². The van der Waals surface area contributed by atoms with Crippen LogP contribution in [-0.2, 0) is 9.53 Å². The van der Waals surface area contributed by atoms with Gasteiger partial charge in [0.15, 0.2) is 0 Å². The quantitative estimate of drug-likeness (QED) is 0.687. The molecule has 1 saturated carbocycles. The minimum absolute atomic E-state index is 0.0477. The highest BCUT2D eigenvalue weighted by Crippen LogP contribution is 2.27. The maximum atomic E-state index is 12.7. The fourth-order valence-corrected chi connectivity index (χ4v) is 3.59. The summed E-state index contributed by atoms with van der Waals surface area (Å²) >= 11 is 5.75. The van der Waals surface area contributed by atoms with E-state index in [-0.39, 0.29) is 22.4 Å². The summed E-state index contributed by atoms with van der Waals surface area (Å²) < 4.78 is 5.27. The largest absolute Gasteiger partial charge is 0.391 e. The summed E-state index contributed by atoms with van der Waals surface area (Å²) in [5, 5.41) is 12.9. The molecule has 2 fully saturated rings. The SMILES string of the molecule is O=C(N[C@@H]1C[C@@H](C(=O)N2CCOCC2)CC[C@H]1O)c1c[nH]c(=O)c(Cl)c1. The molecule has 0 aromatic carbocycles. The molecule has 3 rings (SSSR count). The van der Waals surface area contributed by atoms with Crippen molar-refractivity contribution >= 4 is 23.4 Å². The van der Waals surface area contributed by atoms with Crippen molar-refractivity contribution in [3.05, 3.63) is 33.2 Å². The topological polar surface area (TPSA) is 112 Å². The number of H-pyrrole nitrogens is 1. The van der Waals surface area contributed by atoms with E-state index < -0.39 is 23.6 Å². The van der Waals surface area contributed by atoms with E-state index in [2.05, 4.69) is 10.3 Å². The first-order valence-corrected chi connectivity index (χ1v) is 9.07. The van der Waals surface area contributed by atoms with Crippen molar-refractivity contribution in [2.75, 3.05) is 26.3 Å². The summed E-state index contributed by atoms with van der Waals surface area (Å²) in [6.07, 6.45) is 1.97. The minimum atomic E-state index is -0.717. The summed E-state index contributed by atoms with van der Waals surface area (Å²) in [4.78, 5) is 40.5. The summed E-state index contributed by atoms with van der Waals surface area (Å²) in [6.45, 7) is 2.22. The Labute approximate surface area is 155 Å². The number of nitrogens with zero attached hydrogens (tertiary/aromatic N) is 1. The summed E-state index contributed by atoms with van der Waals surface area (Å²) in [5.41, 5.74) is -0.277. The van der Waals surface area contributed by atoms with Crippen molar-refractivity contribution in [1.29, 1.82) is 0 Å². The second-order valence-corrected chi connectivity index (χ2v) is 7.07. The van der Waals surface area contributed by atoms with Gasteiger partial charge in [0.05, 0.1) is 30.9 Å². The Morgan fingerprint density at radius 3 is 2.73 bits per heavy atom.